The van der Waals surface area contributed by atoms with Crippen molar-refractivity contribution in [2.24, 2.45) is 0 Å². The van der Waals surface area contributed by atoms with Gasteiger partial charge in [0.05, 0.1) is 26.4 Å². The van der Waals surface area contributed by atoms with Crippen LogP contribution < -0.4 is 37.8 Å². The van der Waals surface area contributed by atoms with E-state index in [1.165, 1.54) is 0 Å². The summed E-state index contributed by atoms with van der Waals surface area (Å²) in [6, 6.07) is 27.1. The molecule has 1 N–H and O–H groups in total. The molecule has 4 aromatic carbocycles. The van der Waals surface area contributed by atoms with Crippen LogP contribution in [0.25, 0.3) is 0 Å². The number of hydrogen-bond donors (Lipinski definition) is 1. The van der Waals surface area contributed by atoms with Crippen LogP contribution in [0.1, 0.15) is 46.5 Å². The van der Waals surface area contributed by atoms with Gasteiger partial charge in [-0.15, -0.1) is 0 Å². The summed E-state index contributed by atoms with van der Waals surface area (Å²) in [6.07, 6.45) is 0. The van der Waals surface area contributed by atoms with E-state index in [4.69, 9.17) is 18.9 Å². The number of hydrogen-bond acceptors (Lipinski definition) is 6. The quantitative estimate of drug-likeness (QED) is 0.235. The first kappa shape index (κ1) is 35.9. The third-order valence-corrected chi connectivity index (χ3v) is 6.13. The molecule has 0 spiro atoms. The monoisotopic (exact) mass is 566 g/mol. The summed E-state index contributed by atoms with van der Waals surface area (Å²) in [7, 11) is 3.22. The summed E-state index contributed by atoms with van der Waals surface area (Å²) in [5, 5.41) is 9.44. The number of carbonyl (C=O) groups excluding carboxylic acids is 1. The average Bonchev–Trinajstić information content (AvgIpc) is 2.95. The van der Waals surface area contributed by atoms with E-state index in [0.29, 0.717) is 36.0 Å². The van der Waals surface area contributed by atoms with Crippen LogP contribution >= 0.6 is 0 Å². The molecule has 4 aromatic rings. The van der Waals surface area contributed by atoms with Crippen molar-refractivity contribution < 1.29 is 49.1 Å². The average molecular weight is 567 g/mol. The standard InChI is InChI=1S/C17H18O3.C16H18O3.Al.Li.4H/c1-12-9-15(19-3)10-16(17(12)13(2)18)20-11-14-7-5-4-6-8-14;1-12-8-14(18-2)9-16(15(12)10-17)19-11-13-6-4-3-5-7-13;;;;;;/h4-10H,11H2,1-3H3;3-9,17H,10-11H2,1-2H3;;;;;;/q;;;+1;;;;-1. The van der Waals surface area contributed by atoms with Crippen LogP contribution in [-0.4, -0.2) is 42.5 Å². The number of Topliss-reactive ketones (excluding diaryl/α,β-unsaturated/α-hetero) is 1. The number of carbonyl (C=O) groups is 1. The molecule has 0 atom stereocenters. The molecule has 0 radical (unpaired) electrons. The Kier molecular flexibility index (Phi) is 16.0. The summed E-state index contributed by atoms with van der Waals surface area (Å²) in [4.78, 5) is 11.8. The van der Waals surface area contributed by atoms with Crippen molar-refractivity contribution in [2.75, 3.05) is 14.2 Å². The summed E-state index contributed by atoms with van der Waals surface area (Å²) in [5.41, 5.74) is 5.39. The van der Waals surface area contributed by atoms with E-state index in [0.717, 1.165) is 33.6 Å². The van der Waals surface area contributed by atoms with E-state index in [1.807, 2.05) is 92.7 Å². The van der Waals surface area contributed by atoms with Crippen molar-refractivity contribution >= 4 is 23.1 Å². The number of aliphatic hydroxyl groups excluding tert-OH is 1. The fourth-order valence-electron chi connectivity index (χ4n) is 4.08. The first-order valence-electron chi connectivity index (χ1n) is 12.7. The molecule has 6 nitrogen and oxygen atoms in total. The number of methoxy groups -OCH3 is 2. The molecular formula is C33H40AlLiO6. The third kappa shape index (κ3) is 10.6. The topological polar surface area (TPSA) is 74.2 Å². The molecule has 212 valence electrons. The van der Waals surface area contributed by atoms with Gasteiger partial charge in [0.2, 0.25) is 0 Å². The summed E-state index contributed by atoms with van der Waals surface area (Å²) >= 11 is 0. The Hall–Kier alpha value is -3.16. The maximum Gasteiger partial charge on any atom is 1.00 e. The number of rotatable bonds is 10. The van der Waals surface area contributed by atoms with Gasteiger partial charge in [0, 0.05) is 17.7 Å². The van der Waals surface area contributed by atoms with Crippen molar-refractivity contribution in [2.45, 2.75) is 40.6 Å². The van der Waals surface area contributed by atoms with Gasteiger partial charge >= 0.3 is 18.9 Å². The molecule has 0 heterocycles. The summed E-state index contributed by atoms with van der Waals surface area (Å²) in [5.74, 6) is 2.66. The number of aliphatic hydroxyl groups is 1. The molecule has 0 bridgehead atoms. The Balaban J connectivity index is 0.000000748. The fraction of sp³-hybridized carbons (Fsp3) is 0.242. The van der Waals surface area contributed by atoms with E-state index in [2.05, 4.69) is 0 Å². The molecule has 0 amide bonds. The molecule has 8 heteroatoms. The molecule has 0 aliphatic heterocycles. The second-order valence-electron chi connectivity index (χ2n) is 9.00. The van der Waals surface area contributed by atoms with E-state index < -0.39 is 0 Å². The molecule has 0 saturated carbocycles. The predicted octanol–water partition coefficient (Wildman–Crippen LogP) is 2.79. The number of ether oxygens (including phenoxy) is 4. The largest absolute Gasteiger partial charge is 1.00 e. The second-order valence-corrected chi connectivity index (χ2v) is 9.00. The number of aryl methyl sites for hydroxylation is 2. The van der Waals surface area contributed by atoms with Crippen LogP contribution in [0.2, 0.25) is 0 Å². The molecule has 0 aliphatic rings. The zero-order valence-electron chi connectivity index (χ0n) is 25.2. The Morgan fingerprint density at radius 2 is 1.17 bits per heavy atom. The first-order chi connectivity index (χ1) is 18.9. The molecule has 4 rings (SSSR count). The molecule has 41 heavy (non-hydrogen) atoms. The van der Waals surface area contributed by atoms with Gasteiger partial charge in [0.15, 0.2) is 23.1 Å². The zero-order chi connectivity index (χ0) is 28.2. The number of benzene rings is 4. The molecular weight excluding hydrogens is 526 g/mol. The van der Waals surface area contributed by atoms with Crippen molar-refractivity contribution in [3.05, 3.63) is 118 Å². The van der Waals surface area contributed by atoms with Crippen LogP contribution in [0.3, 0.4) is 0 Å². The molecule has 0 aliphatic carbocycles. The maximum absolute atomic E-state index is 11.8. The van der Waals surface area contributed by atoms with Crippen LogP contribution in [0.15, 0.2) is 84.9 Å². The third-order valence-electron chi connectivity index (χ3n) is 6.13. The normalized spacial score (nSPS) is 9.71. The molecule has 0 aromatic heterocycles. The second kappa shape index (κ2) is 18.3. The number of ketones is 1. The minimum Gasteiger partial charge on any atom is -1.00 e. The summed E-state index contributed by atoms with van der Waals surface area (Å²) in [6.45, 7) is 6.22. The smallest absolute Gasteiger partial charge is 1.00 e. The fourth-order valence-corrected chi connectivity index (χ4v) is 4.08. The van der Waals surface area contributed by atoms with Crippen LogP contribution in [0.4, 0.5) is 0 Å². The van der Waals surface area contributed by atoms with Gasteiger partial charge in [0.25, 0.3) is 0 Å². The van der Waals surface area contributed by atoms with E-state index in [1.54, 1.807) is 27.2 Å². The van der Waals surface area contributed by atoms with Crippen molar-refractivity contribution in [1.29, 1.82) is 0 Å². The first-order valence-corrected chi connectivity index (χ1v) is 12.7. The van der Waals surface area contributed by atoms with E-state index in [9.17, 15) is 9.90 Å². The maximum atomic E-state index is 11.8. The van der Waals surface area contributed by atoms with E-state index in [-0.39, 0.29) is 50.0 Å². The minimum atomic E-state index is -0.0417. The predicted molar refractivity (Wildman–Crippen MR) is 164 cm³/mol. The Morgan fingerprint density at radius 3 is 1.61 bits per heavy atom. The van der Waals surface area contributed by atoms with Gasteiger partial charge in [-0.3, -0.25) is 4.79 Å². The molecule has 0 fully saturated rings. The van der Waals surface area contributed by atoms with Gasteiger partial charge in [0.1, 0.15) is 36.2 Å². The Labute approximate surface area is 267 Å². The molecule has 0 unspecified atom stereocenters. The van der Waals surface area contributed by atoms with Crippen molar-refractivity contribution in [3.63, 3.8) is 0 Å². The SMILES string of the molecule is COc1cc(C)c(C(C)=O)c(OCc2ccccc2)c1.COc1cc(C)c(CO)c(OCc2ccccc2)c1.[AlH3].[H-].[Li+]. The molecule has 0 saturated heterocycles. The van der Waals surface area contributed by atoms with Gasteiger partial charge in [-0.25, -0.2) is 0 Å². The Bertz CT molecular complexity index is 1370. The van der Waals surface area contributed by atoms with Crippen molar-refractivity contribution in [1.82, 2.24) is 0 Å². The van der Waals surface area contributed by atoms with Crippen molar-refractivity contribution in [3.8, 4) is 23.0 Å². The van der Waals surface area contributed by atoms with E-state index >= 15 is 0 Å². The van der Waals surface area contributed by atoms with Gasteiger partial charge in [-0.05, 0) is 55.2 Å². The zero-order valence-corrected chi connectivity index (χ0v) is 24.2. The van der Waals surface area contributed by atoms with Gasteiger partial charge in [-0.2, -0.15) is 0 Å². The van der Waals surface area contributed by atoms with Crippen LogP contribution in [0, 0.1) is 13.8 Å². The minimum absolute atomic E-state index is 0. The van der Waals surface area contributed by atoms with Gasteiger partial charge < -0.3 is 25.5 Å². The Morgan fingerprint density at radius 1 is 0.732 bits per heavy atom. The van der Waals surface area contributed by atoms with Gasteiger partial charge in [-0.1, -0.05) is 60.7 Å². The summed E-state index contributed by atoms with van der Waals surface area (Å²) < 4.78 is 22.1. The van der Waals surface area contributed by atoms with Crippen LogP contribution in [-0.2, 0) is 19.8 Å². The van der Waals surface area contributed by atoms with Crippen LogP contribution in [0.5, 0.6) is 23.0 Å².